The van der Waals surface area contributed by atoms with Crippen molar-refractivity contribution >= 4 is 17.7 Å². The van der Waals surface area contributed by atoms with Crippen molar-refractivity contribution in [2.45, 2.75) is 45.1 Å². The van der Waals surface area contributed by atoms with Gasteiger partial charge in [0.05, 0.1) is 0 Å². The monoisotopic (exact) mass is 346 g/mol. The van der Waals surface area contributed by atoms with E-state index in [1.807, 2.05) is 13.0 Å². The fraction of sp³-hybridized carbons (Fsp3) is 0.348. The van der Waals surface area contributed by atoms with Crippen LogP contribution in [-0.2, 0) is 11.2 Å². The van der Waals surface area contributed by atoms with Crippen molar-refractivity contribution in [1.82, 2.24) is 5.32 Å². The van der Waals surface area contributed by atoms with E-state index in [2.05, 4.69) is 53.1 Å². The third-order valence-corrected chi connectivity index (χ3v) is 5.49. The highest BCUT2D eigenvalue weighted by Crippen LogP contribution is 2.29. The van der Waals surface area contributed by atoms with E-state index in [0.717, 1.165) is 36.9 Å². The van der Waals surface area contributed by atoms with Crippen LogP contribution >= 0.6 is 0 Å². The van der Waals surface area contributed by atoms with Gasteiger partial charge in [-0.05, 0) is 66.6 Å². The van der Waals surface area contributed by atoms with E-state index in [1.165, 1.54) is 35.2 Å². The lowest BCUT2D eigenvalue weighted by Gasteiger charge is -2.12. The summed E-state index contributed by atoms with van der Waals surface area (Å²) in [6.07, 6.45) is 7.76. The molecular formula is C23H26N2O. The third kappa shape index (κ3) is 3.67. The zero-order valence-corrected chi connectivity index (χ0v) is 15.3. The summed E-state index contributed by atoms with van der Waals surface area (Å²) in [6.45, 7) is 2.93. The Bertz CT molecular complexity index is 830. The number of anilines is 1. The maximum atomic E-state index is 12.3. The lowest BCUT2D eigenvalue weighted by Crippen LogP contribution is -2.33. The Morgan fingerprint density at radius 1 is 1.08 bits per heavy atom. The molecule has 0 spiro atoms. The fourth-order valence-corrected chi connectivity index (χ4v) is 3.94. The predicted octanol–water partition coefficient (Wildman–Crippen LogP) is 4.78. The molecule has 134 valence electrons. The Kier molecular flexibility index (Phi) is 4.79. The fourth-order valence-electron chi connectivity index (χ4n) is 3.94. The number of rotatable bonds is 4. The largest absolute Gasteiger partial charge is 0.384 e. The smallest absolute Gasteiger partial charge is 0.247 e. The molecule has 2 aromatic rings. The molecule has 0 aromatic heterocycles. The number of amides is 1. The lowest BCUT2D eigenvalue weighted by molar-refractivity contribution is -0.118. The average Bonchev–Trinajstić information content (AvgIpc) is 3.33. The van der Waals surface area contributed by atoms with Gasteiger partial charge in [-0.25, -0.2) is 0 Å². The molecule has 2 aliphatic rings. The number of nitrogens with one attached hydrogen (secondary N) is 2. The minimum absolute atomic E-state index is 0.0621. The molecule has 2 aromatic carbocycles. The predicted molar refractivity (Wildman–Crippen MR) is 108 cm³/mol. The van der Waals surface area contributed by atoms with Crippen LogP contribution in [-0.4, -0.2) is 18.5 Å². The SMILES string of the molecule is C/C(=C\c1ccc(-c2ccc3c(c2)CCN3)cc1)C(=O)NC1CCCC1. The van der Waals surface area contributed by atoms with E-state index in [0.29, 0.717) is 6.04 Å². The van der Waals surface area contributed by atoms with Gasteiger partial charge < -0.3 is 10.6 Å². The van der Waals surface area contributed by atoms with Gasteiger partial charge in [-0.15, -0.1) is 0 Å². The van der Waals surface area contributed by atoms with Crippen LogP contribution in [0.25, 0.3) is 17.2 Å². The van der Waals surface area contributed by atoms with Crippen molar-refractivity contribution in [3.8, 4) is 11.1 Å². The summed E-state index contributed by atoms with van der Waals surface area (Å²) < 4.78 is 0. The van der Waals surface area contributed by atoms with Gasteiger partial charge in [0.25, 0.3) is 0 Å². The minimum atomic E-state index is 0.0621. The third-order valence-electron chi connectivity index (χ3n) is 5.49. The number of fused-ring (bicyclic) bond motifs is 1. The van der Waals surface area contributed by atoms with Crippen molar-refractivity contribution < 1.29 is 4.79 Å². The molecule has 1 saturated carbocycles. The summed E-state index contributed by atoms with van der Waals surface area (Å²) in [5, 5.41) is 6.55. The summed E-state index contributed by atoms with van der Waals surface area (Å²) in [5.41, 5.74) is 6.95. The first kappa shape index (κ1) is 16.9. The van der Waals surface area contributed by atoms with Crippen molar-refractivity contribution in [2.24, 2.45) is 0 Å². The molecule has 1 aliphatic heterocycles. The number of carbonyl (C=O) groups excluding carboxylic acids is 1. The van der Waals surface area contributed by atoms with Crippen molar-refractivity contribution in [3.63, 3.8) is 0 Å². The molecule has 3 nitrogen and oxygen atoms in total. The first-order valence-corrected chi connectivity index (χ1v) is 9.65. The lowest BCUT2D eigenvalue weighted by atomic mass is 10.00. The van der Waals surface area contributed by atoms with E-state index >= 15 is 0 Å². The van der Waals surface area contributed by atoms with Crippen LogP contribution in [0.2, 0.25) is 0 Å². The first-order valence-electron chi connectivity index (χ1n) is 9.65. The van der Waals surface area contributed by atoms with E-state index in [4.69, 9.17) is 0 Å². The van der Waals surface area contributed by atoms with Crippen LogP contribution in [0.5, 0.6) is 0 Å². The van der Waals surface area contributed by atoms with Gasteiger partial charge >= 0.3 is 0 Å². The van der Waals surface area contributed by atoms with E-state index in [1.54, 1.807) is 0 Å². The van der Waals surface area contributed by atoms with Crippen LogP contribution in [0.15, 0.2) is 48.0 Å². The molecule has 0 radical (unpaired) electrons. The standard InChI is InChI=1S/C23H26N2O/c1-16(23(26)25-21-4-2-3-5-21)14-17-6-8-18(9-7-17)19-10-11-22-20(15-19)12-13-24-22/h6-11,14-15,21,24H,2-5,12-13H2,1H3,(H,25,26)/b16-14+. The Balaban J connectivity index is 1.46. The Morgan fingerprint density at radius 3 is 2.58 bits per heavy atom. The quantitative estimate of drug-likeness (QED) is 0.782. The highest BCUT2D eigenvalue weighted by atomic mass is 16.1. The number of hydrogen-bond donors (Lipinski definition) is 2. The Labute approximate surface area is 155 Å². The van der Waals surface area contributed by atoms with E-state index in [-0.39, 0.29) is 5.91 Å². The van der Waals surface area contributed by atoms with Crippen LogP contribution in [0, 0.1) is 0 Å². The van der Waals surface area contributed by atoms with E-state index < -0.39 is 0 Å². The second-order valence-corrected chi connectivity index (χ2v) is 7.45. The molecular weight excluding hydrogens is 320 g/mol. The summed E-state index contributed by atoms with van der Waals surface area (Å²) in [5.74, 6) is 0.0621. The summed E-state index contributed by atoms with van der Waals surface area (Å²) in [4.78, 5) is 12.3. The second kappa shape index (κ2) is 7.36. The minimum Gasteiger partial charge on any atom is -0.384 e. The Hall–Kier alpha value is -2.55. The molecule has 1 fully saturated rings. The molecule has 0 saturated heterocycles. The average molecular weight is 346 g/mol. The highest BCUT2D eigenvalue weighted by molar-refractivity contribution is 5.97. The zero-order valence-electron chi connectivity index (χ0n) is 15.3. The van der Waals surface area contributed by atoms with E-state index in [9.17, 15) is 4.79 Å². The summed E-state index contributed by atoms with van der Waals surface area (Å²) in [6, 6.07) is 15.4. The Morgan fingerprint density at radius 2 is 1.81 bits per heavy atom. The molecule has 2 N–H and O–H groups in total. The van der Waals surface area contributed by atoms with Crippen molar-refractivity contribution in [1.29, 1.82) is 0 Å². The zero-order chi connectivity index (χ0) is 17.9. The number of hydrogen-bond acceptors (Lipinski definition) is 2. The number of benzene rings is 2. The van der Waals surface area contributed by atoms with Gasteiger partial charge in [-0.1, -0.05) is 43.2 Å². The molecule has 0 bridgehead atoms. The molecule has 4 rings (SSSR count). The van der Waals surface area contributed by atoms with Crippen LogP contribution in [0.3, 0.4) is 0 Å². The molecule has 0 unspecified atom stereocenters. The van der Waals surface area contributed by atoms with Gasteiger partial charge in [-0.3, -0.25) is 4.79 Å². The molecule has 1 aliphatic carbocycles. The second-order valence-electron chi connectivity index (χ2n) is 7.45. The molecule has 26 heavy (non-hydrogen) atoms. The van der Waals surface area contributed by atoms with Crippen molar-refractivity contribution in [2.75, 3.05) is 11.9 Å². The summed E-state index contributed by atoms with van der Waals surface area (Å²) >= 11 is 0. The first-order chi connectivity index (χ1) is 12.7. The molecule has 0 atom stereocenters. The topological polar surface area (TPSA) is 41.1 Å². The van der Waals surface area contributed by atoms with Crippen LogP contribution in [0.4, 0.5) is 5.69 Å². The number of carbonyl (C=O) groups is 1. The normalized spacial score (nSPS) is 17.0. The highest BCUT2D eigenvalue weighted by Gasteiger charge is 2.17. The van der Waals surface area contributed by atoms with Gasteiger partial charge in [-0.2, -0.15) is 0 Å². The maximum absolute atomic E-state index is 12.3. The van der Waals surface area contributed by atoms with Crippen LogP contribution in [0.1, 0.15) is 43.7 Å². The van der Waals surface area contributed by atoms with Gasteiger partial charge in [0.2, 0.25) is 5.91 Å². The van der Waals surface area contributed by atoms with Crippen LogP contribution < -0.4 is 10.6 Å². The van der Waals surface area contributed by atoms with Gasteiger partial charge in [0.15, 0.2) is 0 Å². The maximum Gasteiger partial charge on any atom is 0.247 e. The van der Waals surface area contributed by atoms with Gasteiger partial charge in [0, 0.05) is 23.8 Å². The van der Waals surface area contributed by atoms with Gasteiger partial charge in [0.1, 0.15) is 0 Å². The molecule has 1 heterocycles. The van der Waals surface area contributed by atoms with Crippen molar-refractivity contribution in [3.05, 3.63) is 59.2 Å². The molecule has 3 heteroatoms. The summed E-state index contributed by atoms with van der Waals surface area (Å²) in [7, 11) is 0. The molecule has 1 amide bonds.